The zero-order valence-corrected chi connectivity index (χ0v) is 11.0. The summed E-state index contributed by atoms with van der Waals surface area (Å²) < 4.78 is 0. The van der Waals surface area contributed by atoms with Gasteiger partial charge in [0.25, 0.3) is 5.69 Å². The molecule has 1 unspecified atom stereocenters. The maximum Gasteiger partial charge on any atom is 0.292 e. The first-order valence-electron chi connectivity index (χ1n) is 5.92. The molecule has 0 aliphatic rings. The van der Waals surface area contributed by atoms with Crippen LogP contribution >= 0.6 is 0 Å². The van der Waals surface area contributed by atoms with Gasteiger partial charge in [-0.1, -0.05) is 6.92 Å². The van der Waals surface area contributed by atoms with E-state index < -0.39 is 10.8 Å². The number of rotatable bonds is 7. The third-order valence-corrected chi connectivity index (χ3v) is 2.67. The lowest BCUT2D eigenvalue weighted by atomic mass is 10.1. The van der Waals surface area contributed by atoms with Gasteiger partial charge in [0.15, 0.2) is 0 Å². The highest BCUT2D eigenvalue weighted by atomic mass is 16.6. The summed E-state index contributed by atoms with van der Waals surface area (Å²) >= 11 is 0. The van der Waals surface area contributed by atoms with Gasteiger partial charge in [-0.25, -0.2) is 0 Å². The van der Waals surface area contributed by atoms with Crippen molar-refractivity contribution in [3.05, 3.63) is 33.9 Å². The smallest absolute Gasteiger partial charge is 0.292 e. The topological polar surface area (TPSA) is 110 Å². The number of amides is 1. The minimum absolute atomic E-state index is 0.0679. The molecule has 0 saturated carbocycles. The number of carbonyl (C=O) groups is 1. The van der Waals surface area contributed by atoms with E-state index in [-0.39, 0.29) is 11.3 Å². The molecule has 0 radical (unpaired) electrons. The van der Waals surface area contributed by atoms with Crippen LogP contribution < -0.4 is 16.4 Å². The summed E-state index contributed by atoms with van der Waals surface area (Å²) in [5.74, 6) is -0.317. The standard InChI is InChI=1S/C12H18N4O3/c1-8(6-14-2)7-15-10-5-9(12(13)17)3-4-11(10)16(18)19/h3-5,8,14-15H,6-7H2,1-2H3,(H2,13,17). The van der Waals surface area contributed by atoms with Gasteiger partial charge in [0.1, 0.15) is 5.69 Å². The number of nitro benzene ring substituents is 1. The van der Waals surface area contributed by atoms with Crippen molar-refractivity contribution in [1.29, 1.82) is 0 Å². The highest BCUT2D eigenvalue weighted by Crippen LogP contribution is 2.25. The molecule has 19 heavy (non-hydrogen) atoms. The molecule has 4 N–H and O–H groups in total. The third kappa shape index (κ3) is 4.22. The van der Waals surface area contributed by atoms with Crippen LogP contribution in [0.3, 0.4) is 0 Å². The van der Waals surface area contributed by atoms with E-state index in [0.29, 0.717) is 18.2 Å². The van der Waals surface area contributed by atoms with Crippen molar-refractivity contribution in [2.24, 2.45) is 11.7 Å². The Bertz CT molecular complexity index is 476. The van der Waals surface area contributed by atoms with Gasteiger partial charge in [0, 0.05) is 18.2 Å². The molecule has 1 aromatic rings. The van der Waals surface area contributed by atoms with Crippen LogP contribution in [0.15, 0.2) is 18.2 Å². The highest BCUT2D eigenvalue weighted by molar-refractivity contribution is 5.94. The van der Waals surface area contributed by atoms with E-state index in [2.05, 4.69) is 10.6 Å². The number of nitrogens with one attached hydrogen (secondary N) is 2. The summed E-state index contributed by atoms with van der Waals surface area (Å²) in [7, 11) is 1.84. The Kier molecular flexibility index (Phi) is 5.25. The summed E-state index contributed by atoms with van der Waals surface area (Å²) in [6.45, 7) is 3.35. The highest BCUT2D eigenvalue weighted by Gasteiger charge is 2.16. The molecule has 0 bridgehead atoms. The summed E-state index contributed by atoms with van der Waals surface area (Å²) in [5.41, 5.74) is 5.65. The fourth-order valence-electron chi connectivity index (χ4n) is 1.69. The lowest BCUT2D eigenvalue weighted by Crippen LogP contribution is -2.23. The van der Waals surface area contributed by atoms with Gasteiger partial charge >= 0.3 is 0 Å². The fraction of sp³-hybridized carbons (Fsp3) is 0.417. The van der Waals surface area contributed by atoms with Crippen LogP contribution in [0.2, 0.25) is 0 Å². The van der Waals surface area contributed by atoms with E-state index in [1.807, 2.05) is 14.0 Å². The first-order chi connectivity index (χ1) is 8.95. The number of hydrogen-bond acceptors (Lipinski definition) is 5. The molecular formula is C12H18N4O3. The number of benzene rings is 1. The second-order valence-electron chi connectivity index (χ2n) is 4.40. The molecular weight excluding hydrogens is 248 g/mol. The number of anilines is 1. The number of carbonyl (C=O) groups excluding carboxylic acids is 1. The van der Waals surface area contributed by atoms with E-state index in [1.54, 1.807) is 0 Å². The molecule has 0 spiro atoms. The van der Waals surface area contributed by atoms with E-state index in [4.69, 9.17) is 5.73 Å². The maximum absolute atomic E-state index is 11.1. The molecule has 1 aromatic carbocycles. The second kappa shape index (κ2) is 6.69. The zero-order valence-electron chi connectivity index (χ0n) is 11.0. The van der Waals surface area contributed by atoms with Crippen LogP contribution in [0.1, 0.15) is 17.3 Å². The van der Waals surface area contributed by atoms with Gasteiger partial charge in [0.05, 0.1) is 4.92 Å². The average molecular weight is 266 g/mol. The first kappa shape index (κ1) is 14.9. The number of nitrogens with zero attached hydrogens (tertiary/aromatic N) is 1. The normalized spacial score (nSPS) is 11.9. The fourth-order valence-corrected chi connectivity index (χ4v) is 1.69. The quantitative estimate of drug-likeness (QED) is 0.503. The summed E-state index contributed by atoms with van der Waals surface area (Å²) in [5, 5.41) is 16.9. The number of primary amides is 1. The van der Waals surface area contributed by atoms with Crippen LogP contribution in [-0.2, 0) is 0 Å². The zero-order chi connectivity index (χ0) is 14.4. The van der Waals surface area contributed by atoms with Crippen LogP contribution in [0.4, 0.5) is 11.4 Å². The maximum atomic E-state index is 11.1. The van der Waals surface area contributed by atoms with Crippen molar-refractivity contribution in [1.82, 2.24) is 5.32 Å². The molecule has 0 fully saturated rings. The molecule has 0 heterocycles. The molecule has 0 saturated heterocycles. The molecule has 1 atom stereocenters. The van der Waals surface area contributed by atoms with Gasteiger partial charge < -0.3 is 16.4 Å². The molecule has 0 aliphatic heterocycles. The van der Waals surface area contributed by atoms with Gasteiger partial charge in [-0.3, -0.25) is 14.9 Å². The molecule has 0 aromatic heterocycles. The minimum atomic E-state index is -0.610. The monoisotopic (exact) mass is 266 g/mol. The molecule has 7 nitrogen and oxygen atoms in total. The predicted octanol–water partition coefficient (Wildman–Crippen LogP) is 0.961. The predicted molar refractivity (Wildman–Crippen MR) is 73.2 cm³/mol. The van der Waals surface area contributed by atoms with Crippen LogP contribution in [0.25, 0.3) is 0 Å². The molecule has 0 aliphatic carbocycles. The van der Waals surface area contributed by atoms with Gasteiger partial charge in [-0.2, -0.15) is 0 Å². The van der Waals surface area contributed by atoms with Crippen LogP contribution in [-0.4, -0.2) is 31.0 Å². The van der Waals surface area contributed by atoms with Crippen molar-refractivity contribution in [2.75, 3.05) is 25.5 Å². The van der Waals surface area contributed by atoms with E-state index in [1.165, 1.54) is 18.2 Å². The molecule has 1 amide bonds. The van der Waals surface area contributed by atoms with Crippen molar-refractivity contribution in [3.8, 4) is 0 Å². The summed E-state index contributed by atoms with van der Waals surface area (Å²) in [6, 6.07) is 4.04. The summed E-state index contributed by atoms with van der Waals surface area (Å²) in [6.07, 6.45) is 0. The Labute approximate surface area is 111 Å². The summed E-state index contributed by atoms with van der Waals surface area (Å²) in [4.78, 5) is 21.5. The minimum Gasteiger partial charge on any atom is -0.379 e. The van der Waals surface area contributed by atoms with Gasteiger partial charge in [0.2, 0.25) is 5.91 Å². The SMILES string of the molecule is CNCC(C)CNc1cc(C(N)=O)ccc1[N+](=O)[O-]. The Morgan fingerprint density at radius 1 is 1.47 bits per heavy atom. The largest absolute Gasteiger partial charge is 0.379 e. The molecule has 7 heteroatoms. The second-order valence-corrected chi connectivity index (χ2v) is 4.40. The molecule has 1 rings (SSSR count). The van der Waals surface area contributed by atoms with Gasteiger partial charge in [-0.15, -0.1) is 0 Å². The van der Waals surface area contributed by atoms with E-state index >= 15 is 0 Å². The Morgan fingerprint density at radius 2 is 2.16 bits per heavy atom. The lowest BCUT2D eigenvalue weighted by molar-refractivity contribution is -0.384. The Hall–Kier alpha value is -2.15. The van der Waals surface area contributed by atoms with Crippen LogP contribution in [0.5, 0.6) is 0 Å². The van der Waals surface area contributed by atoms with E-state index in [0.717, 1.165) is 6.54 Å². The van der Waals surface area contributed by atoms with Crippen LogP contribution in [0, 0.1) is 16.0 Å². The van der Waals surface area contributed by atoms with Gasteiger partial charge in [-0.05, 0) is 31.6 Å². The lowest BCUT2D eigenvalue weighted by Gasteiger charge is -2.13. The Balaban J connectivity index is 2.91. The number of nitro groups is 1. The third-order valence-electron chi connectivity index (χ3n) is 2.67. The van der Waals surface area contributed by atoms with Crippen molar-refractivity contribution in [2.45, 2.75) is 6.92 Å². The first-order valence-corrected chi connectivity index (χ1v) is 5.92. The number of nitrogens with two attached hydrogens (primary N) is 1. The molecule has 104 valence electrons. The van der Waals surface area contributed by atoms with Crippen molar-refractivity contribution >= 4 is 17.3 Å². The number of hydrogen-bond donors (Lipinski definition) is 3. The van der Waals surface area contributed by atoms with Crippen molar-refractivity contribution in [3.63, 3.8) is 0 Å². The van der Waals surface area contributed by atoms with Crippen molar-refractivity contribution < 1.29 is 9.72 Å². The Morgan fingerprint density at radius 3 is 2.68 bits per heavy atom. The average Bonchev–Trinajstić information content (AvgIpc) is 2.36. The van der Waals surface area contributed by atoms with E-state index in [9.17, 15) is 14.9 Å².